The van der Waals surface area contributed by atoms with E-state index in [1.165, 1.54) is 0 Å². The zero-order chi connectivity index (χ0) is 15.9. The van der Waals surface area contributed by atoms with Crippen molar-refractivity contribution in [2.24, 2.45) is 0 Å². The Balaban J connectivity index is 2.67. The molecule has 2 rings (SSSR count). The van der Waals surface area contributed by atoms with Crippen LogP contribution in [0, 0.1) is 0 Å². The van der Waals surface area contributed by atoms with Gasteiger partial charge in [-0.25, -0.2) is 0 Å². The van der Waals surface area contributed by atoms with Crippen molar-refractivity contribution >= 4 is 17.8 Å². The number of amides is 2. The summed E-state index contributed by atoms with van der Waals surface area (Å²) >= 11 is 0. The van der Waals surface area contributed by atoms with Gasteiger partial charge in [0.1, 0.15) is 0 Å². The third-order valence-electron chi connectivity index (χ3n) is 3.24. The molecule has 1 atom stereocenters. The molecule has 1 aliphatic rings. The fourth-order valence-corrected chi connectivity index (χ4v) is 2.13. The van der Waals surface area contributed by atoms with Gasteiger partial charge in [-0.05, 0) is 23.8 Å². The number of ether oxygens (including phenoxy) is 1. The topological polar surface area (TPSA) is 63.7 Å². The second kappa shape index (κ2) is 4.87. The Hall–Kier alpha value is -2.38. The fraction of sp³-hybridized carbons (Fsp3) is 0.308. The number of benzene rings is 1. The average molecular weight is 301 g/mol. The van der Waals surface area contributed by atoms with Gasteiger partial charge in [-0.15, -0.1) is 0 Å². The number of likely N-dealkylation sites (N-methyl/N-ethyl adjacent to an activating group) is 1. The highest BCUT2D eigenvalue weighted by Gasteiger charge is 2.43. The highest BCUT2D eigenvalue weighted by Crippen LogP contribution is 2.36. The van der Waals surface area contributed by atoms with Crippen molar-refractivity contribution < 1.29 is 32.3 Å². The Bertz CT molecular complexity index is 639. The van der Waals surface area contributed by atoms with E-state index in [1.54, 1.807) is 0 Å². The maximum atomic E-state index is 12.7. The summed E-state index contributed by atoms with van der Waals surface area (Å²) < 4.78 is 42.7. The van der Waals surface area contributed by atoms with Gasteiger partial charge in [-0.1, -0.05) is 0 Å². The Morgan fingerprint density at radius 1 is 1.29 bits per heavy atom. The molecule has 0 aliphatic carbocycles. The molecule has 1 unspecified atom stereocenters. The van der Waals surface area contributed by atoms with E-state index in [4.69, 9.17) is 0 Å². The van der Waals surface area contributed by atoms with Gasteiger partial charge in [-0.3, -0.25) is 19.3 Å². The molecule has 0 saturated heterocycles. The van der Waals surface area contributed by atoms with Crippen molar-refractivity contribution in [3.05, 3.63) is 34.9 Å². The number of carbonyl (C=O) groups is 3. The van der Waals surface area contributed by atoms with Crippen molar-refractivity contribution in [2.75, 3.05) is 14.2 Å². The molecule has 112 valence electrons. The number of fused-ring (bicyclic) bond motifs is 1. The van der Waals surface area contributed by atoms with Crippen LogP contribution in [-0.2, 0) is 20.5 Å². The van der Waals surface area contributed by atoms with Crippen molar-refractivity contribution in [3.63, 3.8) is 0 Å². The van der Waals surface area contributed by atoms with Gasteiger partial charge in [0, 0.05) is 12.6 Å². The van der Waals surface area contributed by atoms with E-state index in [1.807, 2.05) is 0 Å². The van der Waals surface area contributed by atoms with E-state index in [0.717, 1.165) is 26.3 Å². The minimum Gasteiger partial charge on any atom is -0.468 e. The Labute approximate surface area is 117 Å². The van der Waals surface area contributed by atoms with Crippen LogP contribution in [0.15, 0.2) is 18.2 Å². The minimum atomic E-state index is -4.65. The van der Waals surface area contributed by atoms with Crippen LogP contribution in [0.3, 0.4) is 0 Å². The number of imide groups is 1. The Kier molecular flexibility index (Phi) is 3.48. The van der Waals surface area contributed by atoms with Crippen molar-refractivity contribution in [2.45, 2.75) is 12.1 Å². The van der Waals surface area contributed by atoms with E-state index in [-0.39, 0.29) is 11.1 Å². The maximum Gasteiger partial charge on any atom is 0.416 e. The maximum absolute atomic E-state index is 12.7. The van der Waals surface area contributed by atoms with Gasteiger partial charge in [0.25, 0.3) is 5.91 Å². The first kappa shape index (κ1) is 15.0. The molecule has 1 heterocycles. The molecule has 2 amide bonds. The van der Waals surface area contributed by atoms with Crippen LogP contribution in [0.2, 0.25) is 0 Å². The average Bonchev–Trinajstić information content (AvgIpc) is 2.43. The van der Waals surface area contributed by atoms with Crippen LogP contribution >= 0.6 is 0 Å². The van der Waals surface area contributed by atoms with Gasteiger partial charge in [0.2, 0.25) is 5.91 Å². The number of alkyl halides is 3. The fourth-order valence-electron chi connectivity index (χ4n) is 2.13. The van der Waals surface area contributed by atoms with E-state index in [9.17, 15) is 27.6 Å². The summed E-state index contributed by atoms with van der Waals surface area (Å²) in [6.45, 7) is 0. The van der Waals surface area contributed by atoms with E-state index < -0.39 is 35.4 Å². The smallest absolute Gasteiger partial charge is 0.416 e. The van der Waals surface area contributed by atoms with Gasteiger partial charge in [-0.2, -0.15) is 13.2 Å². The molecule has 1 aromatic rings. The highest BCUT2D eigenvalue weighted by molar-refractivity contribution is 6.17. The minimum absolute atomic E-state index is 0.125. The summed E-state index contributed by atoms with van der Waals surface area (Å²) in [5.74, 6) is -4.27. The molecule has 8 heteroatoms. The lowest BCUT2D eigenvalue weighted by Gasteiger charge is -2.29. The standard InChI is InChI=1S/C13H10F3NO4/c1-17-10(18)7-4-3-6(13(14,15)16)5-8(7)9(11(17)19)12(20)21-2/h3-5,9H,1-2H3. The van der Waals surface area contributed by atoms with Gasteiger partial charge in [0.15, 0.2) is 5.92 Å². The summed E-state index contributed by atoms with van der Waals surface area (Å²) in [6, 6.07) is 2.33. The monoisotopic (exact) mass is 301 g/mol. The van der Waals surface area contributed by atoms with Crippen LogP contribution in [0.4, 0.5) is 13.2 Å². The second-order valence-corrected chi connectivity index (χ2v) is 4.46. The van der Waals surface area contributed by atoms with E-state index in [2.05, 4.69) is 4.74 Å². The number of nitrogens with zero attached hydrogens (tertiary/aromatic N) is 1. The molecule has 0 radical (unpaired) electrons. The number of hydrogen-bond acceptors (Lipinski definition) is 4. The highest BCUT2D eigenvalue weighted by atomic mass is 19.4. The molecular weight excluding hydrogens is 291 g/mol. The lowest BCUT2D eigenvalue weighted by Crippen LogP contribution is -2.45. The van der Waals surface area contributed by atoms with Crippen LogP contribution in [0.5, 0.6) is 0 Å². The first-order chi connectivity index (χ1) is 9.68. The number of hydrogen-bond donors (Lipinski definition) is 0. The predicted molar refractivity (Wildman–Crippen MR) is 63.3 cm³/mol. The van der Waals surface area contributed by atoms with Gasteiger partial charge in [0.05, 0.1) is 12.7 Å². The normalized spacial score (nSPS) is 18.5. The molecule has 1 aromatic carbocycles. The number of esters is 1. The van der Waals surface area contributed by atoms with Crippen LogP contribution < -0.4 is 0 Å². The molecule has 1 aliphatic heterocycles. The number of methoxy groups -OCH3 is 1. The molecule has 0 saturated carbocycles. The lowest BCUT2D eigenvalue weighted by molar-refractivity contribution is -0.149. The summed E-state index contributed by atoms with van der Waals surface area (Å²) in [5, 5.41) is 0. The van der Waals surface area contributed by atoms with E-state index in [0.29, 0.717) is 11.0 Å². The lowest BCUT2D eigenvalue weighted by atomic mass is 9.87. The van der Waals surface area contributed by atoms with Crippen molar-refractivity contribution in [1.82, 2.24) is 4.90 Å². The molecule has 5 nitrogen and oxygen atoms in total. The van der Waals surface area contributed by atoms with Crippen LogP contribution in [-0.4, -0.2) is 36.8 Å². The van der Waals surface area contributed by atoms with Crippen molar-refractivity contribution in [1.29, 1.82) is 0 Å². The predicted octanol–water partition coefficient (Wildman–Crippen LogP) is 1.57. The Morgan fingerprint density at radius 2 is 1.90 bits per heavy atom. The van der Waals surface area contributed by atoms with Gasteiger partial charge < -0.3 is 4.74 Å². The first-order valence-electron chi connectivity index (χ1n) is 5.79. The summed E-state index contributed by atoms with van der Waals surface area (Å²) in [6.07, 6.45) is -4.65. The number of halogens is 3. The third kappa shape index (κ3) is 2.37. The first-order valence-corrected chi connectivity index (χ1v) is 5.79. The Morgan fingerprint density at radius 3 is 2.43 bits per heavy atom. The molecule has 0 aromatic heterocycles. The largest absolute Gasteiger partial charge is 0.468 e. The summed E-state index contributed by atoms with van der Waals surface area (Å²) in [7, 11) is 2.17. The van der Waals surface area contributed by atoms with Crippen molar-refractivity contribution in [3.8, 4) is 0 Å². The quantitative estimate of drug-likeness (QED) is 0.449. The van der Waals surface area contributed by atoms with Crippen LogP contribution in [0.25, 0.3) is 0 Å². The second-order valence-electron chi connectivity index (χ2n) is 4.46. The molecule has 0 bridgehead atoms. The zero-order valence-electron chi connectivity index (χ0n) is 11.0. The molecule has 0 fully saturated rings. The third-order valence-corrected chi connectivity index (χ3v) is 3.24. The number of carbonyl (C=O) groups excluding carboxylic acids is 3. The van der Waals surface area contributed by atoms with Gasteiger partial charge >= 0.3 is 12.1 Å². The van der Waals surface area contributed by atoms with E-state index >= 15 is 0 Å². The molecule has 21 heavy (non-hydrogen) atoms. The molecule has 0 N–H and O–H groups in total. The number of rotatable bonds is 1. The SMILES string of the molecule is COC(=O)C1C(=O)N(C)C(=O)c2ccc(C(F)(F)F)cc21. The zero-order valence-corrected chi connectivity index (χ0v) is 11.0. The molecular formula is C13H10F3NO4. The summed E-state index contributed by atoms with van der Waals surface area (Å²) in [5.41, 5.74) is -1.45. The summed E-state index contributed by atoms with van der Waals surface area (Å²) in [4.78, 5) is 36.3. The van der Waals surface area contributed by atoms with Crippen LogP contribution in [0.1, 0.15) is 27.4 Å². The molecule has 0 spiro atoms.